The molecule has 2 fully saturated rings. The average molecular weight is 318 g/mol. The molecule has 7 heteroatoms. The van der Waals surface area contributed by atoms with E-state index in [9.17, 15) is 0 Å². The minimum atomic E-state index is 0.620. The monoisotopic (exact) mass is 318 g/mol. The molecule has 0 spiro atoms. The van der Waals surface area contributed by atoms with Crippen LogP contribution in [0.25, 0.3) is 0 Å². The van der Waals surface area contributed by atoms with Crippen molar-refractivity contribution in [3.63, 3.8) is 0 Å². The molecule has 6 nitrogen and oxygen atoms in total. The van der Waals surface area contributed by atoms with Gasteiger partial charge in [-0.15, -0.1) is 0 Å². The summed E-state index contributed by atoms with van der Waals surface area (Å²) in [5.74, 6) is 2.41. The van der Waals surface area contributed by atoms with Crippen molar-refractivity contribution < 1.29 is 0 Å². The molecule has 1 saturated carbocycles. The summed E-state index contributed by atoms with van der Waals surface area (Å²) in [7, 11) is 0. The molecule has 2 aliphatic rings. The first-order valence-electron chi connectivity index (χ1n) is 8.29. The van der Waals surface area contributed by atoms with E-state index in [4.69, 9.17) is 4.98 Å². The lowest BCUT2D eigenvalue weighted by Gasteiger charge is -2.31. The summed E-state index contributed by atoms with van der Waals surface area (Å²) in [6.45, 7) is 3.15. The quantitative estimate of drug-likeness (QED) is 0.867. The van der Waals surface area contributed by atoms with Crippen molar-refractivity contribution in [1.29, 1.82) is 0 Å². The summed E-state index contributed by atoms with van der Waals surface area (Å²) in [6, 6.07) is 0. The van der Waals surface area contributed by atoms with Crippen molar-refractivity contribution in [3.05, 3.63) is 18.5 Å². The number of rotatable bonds is 4. The maximum atomic E-state index is 4.82. The predicted molar refractivity (Wildman–Crippen MR) is 86.1 cm³/mol. The second kappa shape index (κ2) is 6.32. The van der Waals surface area contributed by atoms with Gasteiger partial charge in [0.25, 0.3) is 0 Å². The number of aromatic nitrogens is 5. The average Bonchev–Trinajstić information content (AvgIpc) is 3.30. The molecule has 1 aliphatic heterocycles. The van der Waals surface area contributed by atoms with Gasteiger partial charge in [0.1, 0.15) is 18.5 Å². The Kier molecular flexibility index (Phi) is 4.05. The van der Waals surface area contributed by atoms with Crippen LogP contribution >= 0.6 is 11.5 Å². The number of nitrogens with zero attached hydrogens (tertiary/aromatic N) is 6. The molecule has 4 rings (SSSR count). The summed E-state index contributed by atoms with van der Waals surface area (Å²) < 4.78 is 6.57. The zero-order valence-electron chi connectivity index (χ0n) is 12.8. The fraction of sp³-hybridized carbons (Fsp3) is 0.733. The lowest BCUT2D eigenvalue weighted by atomic mass is 9.97. The van der Waals surface area contributed by atoms with Gasteiger partial charge in [-0.25, -0.2) is 9.97 Å². The van der Waals surface area contributed by atoms with Crippen LogP contribution in [0.1, 0.15) is 50.3 Å². The third-order valence-electron chi connectivity index (χ3n) is 4.95. The Labute approximate surface area is 134 Å². The normalized spacial score (nSPS) is 20.8. The fourth-order valence-corrected chi connectivity index (χ4v) is 4.40. The van der Waals surface area contributed by atoms with E-state index in [0.29, 0.717) is 11.8 Å². The van der Waals surface area contributed by atoms with Gasteiger partial charge < -0.3 is 4.90 Å². The van der Waals surface area contributed by atoms with Crippen LogP contribution in [0.4, 0.5) is 5.13 Å². The van der Waals surface area contributed by atoms with Gasteiger partial charge in [-0.2, -0.15) is 9.47 Å². The van der Waals surface area contributed by atoms with Gasteiger partial charge in [-0.05, 0) is 31.6 Å². The Bertz CT molecular complexity index is 581. The summed E-state index contributed by atoms with van der Waals surface area (Å²) in [5.41, 5.74) is 0. The predicted octanol–water partition coefficient (Wildman–Crippen LogP) is 2.70. The third kappa shape index (κ3) is 2.99. The first-order chi connectivity index (χ1) is 10.9. The van der Waals surface area contributed by atoms with Gasteiger partial charge in [0, 0.05) is 37.1 Å². The maximum Gasteiger partial charge on any atom is 0.205 e. The smallest absolute Gasteiger partial charge is 0.205 e. The Balaban J connectivity index is 1.33. The van der Waals surface area contributed by atoms with Crippen LogP contribution in [-0.2, 0) is 6.54 Å². The van der Waals surface area contributed by atoms with E-state index in [0.717, 1.165) is 30.6 Å². The highest BCUT2D eigenvalue weighted by Crippen LogP contribution is 2.35. The van der Waals surface area contributed by atoms with Crippen molar-refractivity contribution in [2.24, 2.45) is 5.92 Å². The van der Waals surface area contributed by atoms with Gasteiger partial charge >= 0.3 is 0 Å². The molecular weight excluding hydrogens is 296 g/mol. The Hall–Kier alpha value is -1.50. The van der Waals surface area contributed by atoms with Crippen LogP contribution in [0.5, 0.6) is 0 Å². The topological polar surface area (TPSA) is 59.7 Å². The fourth-order valence-electron chi connectivity index (χ4n) is 3.60. The summed E-state index contributed by atoms with van der Waals surface area (Å²) in [4.78, 5) is 11.2. The van der Waals surface area contributed by atoms with Crippen LogP contribution in [0, 0.1) is 5.92 Å². The van der Waals surface area contributed by atoms with Crippen molar-refractivity contribution in [1.82, 2.24) is 24.1 Å². The first kappa shape index (κ1) is 14.1. The van der Waals surface area contributed by atoms with Crippen LogP contribution in [-0.4, -0.2) is 37.2 Å². The van der Waals surface area contributed by atoms with Crippen LogP contribution < -0.4 is 4.90 Å². The molecule has 2 aromatic heterocycles. The Morgan fingerprint density at radius 1 is 1.14 bits per heavy atom. The van der Waals surface area contributed by atoms with Gasteiger partial charge in [-0.1, -0.05) is 12.8 Å². The summed E-state index contributed by atoms with van der Waals surface area (Å²) >= 11 is 1.59. The van der Waals surface area contributed by atoms with Crippen LogP contribution in [0.3, 0.4) is 0 Å². The number of anilines is 1. The highest BCUT2D eigenvalue weighted by atomic mass is 32.1. The van der Waals surface area contributed by atoms with E-state index < -0.39 is 0 Å². The molecule has 2 aromatic rings. The molecule has 0 aromatic carbocycles. The van der Waals surface area contributed by atoms with E-state index in [-0.39, 0.29) is 0 Å². The van der Waals surface area contributed by atoms with Crippen molar-refractivity contribution >= 4 is 16.7 Å². The molecule has 0 atom stereocenters. The lowest BCUT2D eigenvalue weighted by molar-refractivity contribution is 0.342. The Morgan fingerprint density at radius 2 is 1.95 bits per heavy atom. The van der Waals surface area contributed by atoms with Crippen LogP contribution in [0.15, 0.2) is 12.7 Å². The van der Waals surface area contributed by atoms with Crippen molar-refractivity contribution in [3.8, 4) is 0 Å². The number of hydrogen-bond donors (Lipinski definition) is 0. The molecular formula is C15H22N6S. The zero-order chi connectivity index (χ0) is 14.8. The van der Waals surface area contributed by atoms with Gasteiger partial charge in [0.05, 0.1) is 0 Å². The minimum absolute atomic E-state index is 0.620. The second-order valence-corrected chi connectivity index (χ2v) is 7.19. The van der Waals surface area contributed by atoms with Crippen molar-refractivity contribution in [2.75, 3.05) is 18.0 Å². The van der Waals surface area contributed by atoms with Gasteiger partial charge in [0.2, 0.25) is 5.13 Å². The molecule has 3 heterocycles. The minimum Gasteiger partial charge on any atom is -0.347 e. The molecule has 22 heavy (non-hydrogen) atoms. The molecule has 0 unspecified atom stereocenters. The molecule has 0 amide bonds. The molecule has 0 bridgehead atoms. The molecule has 0 radical (unpaired) electrons. The molecule has 1 aliphatic carbocycles. The van der Waals surface area contributed by atoms with E-state index in [1.54, 1.807) is 17.9 Å². The van der Waals surface area contributed by atoms with Crippen LogP contribution in [0.2, 0.25) is 0 Å². The zero-order valence-corrected chi connectivity index (χ0v) is 13.6. The third-order valence-corrected chi connectivity index (χ3v) is 5.74. The lowest BCUT2D eigenvalue weighted by Crippen LogP contribution is -2.35. The molecule has 0 N–H and O–H groups in total. The van der Waals surface area contributed by atoms with E-state index in [2.05, 4.69) is 19.4 Å². The summed E-state index contributed by atoms with van der Waals surface area (Å²) in [6.07, 6.45) is 11.0. The largest absolute Gasteiger partial charge is 0.347 e. The number of piperidine rings is 1. The molecule has 1 saturated heterocycles. The summed E-state index contributed by atoms with van der Waals surface area (Å²) in [5, 5.41) is 5.33. The van der Waals surface area contributed by atoms with Gasteiger partial charge in [-0.3, -0.25) is 4.68 Å². The van der Waals surface area contributed by atoms with E-state index in [1.807, 2.05) is 11.0 Å². The standard InChI is InChI=1S/C15H22N6S/c1-2-4-13(3-1)14-18-15(22-19-14)20-7-5-12(6-8-20)9-21-11-16-10-17-21/h10-13H,1-9H2. The number of hydrogen-bond acceptors (Lipinski definition) is 6. The van der Waals surface area contributed by atoms with E-state index >= 15 is 0 Å². The van der Waals surface area contributed by atoms with Gasteiger partial charge in [0.15, 0.2) is 0 Å². The van der Waals surface area contributed by atoms with E-state index in [1.165, 1.54) is 38.5 Å². The first-order valence-corrected chi connectivity index (χ1v) is 9.07. The highest BCUT2D eigenvalue weighted by molar-refractivity contribution is 7.09. The second-order valence-electron chi connectivity index (χ2n) is 6.46. The van der Waals surface area contributed by atoms with Crippen molar-refractivity contribution in [2.45, 2.75) is 51.0 Å². The maximum absolute atomic E-state index is 4.82. The Morgan fingerprint density at radius 3 is 2.68 bits per heavy atom. The molecule has 118 valence electrons. The highest BCUT2D eigenvalue weighted by Gasteiger charge is 2.25. The SMILES string of the molecule is c1ncn(CC2CCN(c3nc(C4CCCC4)ns3)CC2)n1.